The largest absolute Gasteiger partial charge is 0.470 e. The number of benzene rings is 1. The van der Waals surface area contributed by atoms with E-state index in [0.29, 0.717) is 5.88 Å². The number of ether oxygens (including phenoxy) is 1. The van der Waals surface area contributed by atoms with E-state index in [4.69, 9.17) is 4.74 Å². The number of pyridine rings is 1. The van der Waals surface area contributed by atoms with Crippen molar-refractivity contribution in [1.82, 2.24) is 4.98 Å². The van der Waals surface area contributed by atoms with Gasteiger partial charge in [-0.2, -0.15) is 0 Å². The average molecular weight is 257 g/mol. The van der Waals surface area contributed by atoms with Gasteiger partial charge >= 0.3 is 0 Å². The molecule has 1 N–H and O–H groups in total. The molecule has 2 aromatic rings. The van der Waals surface area contributed by atoms with Crippen LogP contribution in [-0.4, -0.2) is 10.1 Å². The van der Waals surface area contributed by atoms with Gasteiger partial charge in [-0.3, -0.25) is 0 Å². The fraction of sp³-hybridized carbons (Fsp3) is 0.312. The van der Waals surface area contributed by atoms with Crippen LogP contribution in [-0.2, 0) is 13.0 Å². The highest BCUT2D eigenvalue weighted by atomic mass is 16.5. The van der Waals surface area contributed by atoms with Gasteiger partial charge in [0.15, 0.2) is 0 Å². The molecule has 1 aromatic carbocycles. The van der Waals surface area contributed by atoms with Crippen LogP contribution in [0.5, 0.6) is 5.88 Å². The predicted octanol–water partition coefficient (Wildman–Crippen LogP) is 3.28. The first-order chi connectivity index (χ1) is 9.22. The Hall–Kier alpha value is -1.87. The normalized spacial score (nSPS) is 12.2. The standard InChI is InChI=1S/C16H19NO2/c1-3-15-9-13(11-18)10-16(17-15)19-12(2)14-7-5-4-6-8-14/h4-10,12,18H,3,11H2,1-2H3. The second kappa shape index (κ2) is 6.34. The summed E-state index contributed by atoms with van der Waals surface area (Å²) in [6.45, 7) is 4.04. The number of aliphatic hydroxyl groups excluding tert-OH is 1. The Morgan fingerprint density at radius 1 is 1.21 bits per heavy atom. The molecule has 0 saturated heterocycles. The van der Waals surface area contributed by atoms with Crippen molar-refractivity contribution >= 4 is 0 Å². The van der Waals surface area contributed by atoms with Crippen LogP contribution < -0.4 is 4.74 Å². The van der Waals surface area contributed by atoms with Crippen LogP contribution in [0.3, 0.4) is 0 Å². The van der Waals surface area contributed by atoms with E-state index in [1.54, 1.807) is 6.07 Å². The molecule has 0 fully saturated rings. The number of aliphatic hydroxyl groups is 1. The third-order valence-electron chi connectivity index (χ3n) is 3.03. The van der Waals surface area contributed by atoms with E-state index < -0.39 is 0 Å². The van der Waals surface area contributed by atoms with Crippen molar-refractivity contribution in [3.8, 4) is 5.88 Å². The Kier molecular flexibility index (Phi) is 4.53. The molecule has 0 saturated carbocycles. The zero-order chi connectivity index (χ0) is 13.7. The van der Waals surface area contributed by atoms with Gasteiger partial charge in [0.1, 0.15) is 6.10 Å². The van der Waals surface area contributed by atoms with Gasteiger partial charge < -0.3 is 9.84 Å². The second-order valence-electron chi connectivity index (χ2n) is 4.49. The van der Waals surface area contributed by atoms with E-state index in [-0.39, 0.29) is 12.7 Å². The summed E-state index contributed by atoms with van der Waals surface area (Å²) in [5.74, 6) is 0.569. The Morgan fingerprint density at radius 3 is 2.58 bits per heavy atom. The molecule has 0 amide bonds. The lowest BCUT2D eigenvalue weighted by atomic mass is 10.1. The van der Waals surface area contributed by atoms with Crippen LogP contribution >= 0.6 is 0 Å². The molecule has 19 heavy (non-hydrogen) atoms. The molecule has 3 nitrogen and oxygen atoms in total. The zero-order valence-electron chi connectivity index (χ0n) is 11.3. The van der Waals surface area contributed by atoms with E-state index in [0.717, 1.165) is 23.2 Å². The minimum Gasteiger partial charge on any atom is -0.470 e. The molecule has 100 valence electrons. The lowest BCUT2D eigenvalue weighted by Crippen LogP contribution is -2.05. The number of hydrogen-bond donors (Lipinski definition) is 1. The maximum atomic E-state index is 9.25. The fourth-order valence-corrected chi connectivity index (χ4v) is 1.93. The van der Waals surface area contributed by atoms with Crippen LogP contribution in [0.25, 0.3) is 0 Å². The van der Waals surface area contributed by atoms with Crippen LogP contribution in [0.15, 0.2) is 42.5 Å². The Morgan fingerprint density at radius 2 is 1.95 bits per heavy atom. The molecule has 1 unspecified atom stereocenters. The van der Waals surface area contributed by atoms with Crippen molar-refractivity contribution < 1.29 is 9.84 Å². The third kappa shape index (κ3) is 3.55. The SMILES string of the molecule is CCc1cc(CO)cc(OC(C)c2ccccc2)n1. The molecule has 0 bridgehead atoms. The molecule has 1 aromatic heterocycles. The van der Waals surface area contributed by atoms with Crippen molar-refractivity contribution in [1.29, 1.82) is 0 Å². The first-order valence-electron chi connectivity index (χ1n) is 6.55. The average Bonchev–Trinajstić information content (AvgIpc) is 2.47. The maximum absolute atomic E-state index is 9.25. The van der Waals surface area contributed by atoms with E-state index in [2.05, 4.69) is 4.98 Å². The molecule has 3 heteroatoms. The Bertz CT molecular complexity index is 503. The van der Waals surface area contributed by atoms with E-state index in [1.165, 1.54) is 0 Å². The molecule has 0 aliphatic carbocycles. The molecule has 2 rings (SSSR count). The summed E-state index contributed by atoms with van der Waals surface area (Å²) in [5.41, 5.74) is 2.88. The number of nitrogens with zero attached hydrogens (tertiary/aromatic N) is 1. The van der Waals surface area contributed by atoms with Crippen LogP contribution in [0.2, 0.25) is 0 Å². The maximum Gasteiger partial charge on any atom is 0.214 e. The van der Waals surface area contributed by atoms with Crippen LogP contribution in [0.4, 0.5) is 0 Å². The van der Waals surface area contributed by atoms with Gasteiger partial charge in [0, 0.05) is 11.8 Å². The highest BCUT2D eigenvalue weighted by molar-refractivity contribution is 5.26. The summed E-state index contributed by atoms with van der Waals surface area (Å²) < 4.78 is 5.86. The van der Waals surface area contributed by atoms with Gasteiger partial charge in [-0.25, -0.2) is 4.98 Å². The van der Waals surface area contributed by atoms with Gasteiger partial charge in [-0.05, 0) is 30.5 Å². The van der Waals surface area contributed by atoms with Crippen LogP contribution in [0.1, 0.15) is 36.8 Å². The van der Waals surface area contributed by atoms with Gasteiger partial charge in [0.05, 0.1) is 6.61 Å². The lowest BCUT2D eigenvalue weighted by molar-refractivity contribution is 0.215. The van der Waals surface area contributed by atoms with Gasteiger partial charge in [0.25, 0.3) is 0 Å². The smallest absolute Gasteiger partial charge is 0.214 e. The predicted molar refractivity (Wildman–Crippen MR) is 75.0 cm³/mol. The summed E-state index contributed by atoms with van der Waals surface area (Å²) in [5, 5.41) is 9.25. The molecular weight excluding hydrogens is 238 g/mol. The summed E-state index contributed by atoms with van der Waals surface area (Å²) in [6.07, 6.45) is 0.761. The van der Waals surface area contributed by atoms with Crippen molar-refractivity contribution in [2.75, 3.05) is 0 Å². The lowest BCUT2D eigenvalue weighted by Gasteiger charge is -2.15. The summed E-state index contributed by atoms with van der Waals surface area (Å²) in [6, 6.07) is 13.7. The number of hydrogen-bond acceptors (Lipinski definition) is 3. The molecular formula is C16H19NO2. The molecule has 0 spiro atoms. The van der Waals surface area contributed by atoms with Crippen molar-refractivity contribution in [3.63, 3.8) is 0 Å². The fourth-order valence-electron chi connectivity index (χ4n) is 1.93. The quantitative estimate of drug-likeness (QED) is 0.893. The Balaban J connectivity index is 2.18. The summed E-state index contributed by atoms with van der Waals surface area (Å²) in [7, 11) is 0. The Labute approximate surface area is 113 Å². The number of aromatic nitrogens is 1. The summed E-state index contributed by atoms with van der Waals surface area (Å²) >= 11 is 0. The minimum absolute atomic E-state index is 0.00555. The van der Waals surface area contributed by atoms with E-state index in [9.17, 15) is 5.11 Å². The molecule has 1 heterocycles. The first kappa shape index (κ1) is 13.6. The highest BCUT2D eigenvalue weighted by Crippen LogP contribution is 2.21. The van der Waals surface area contributed by atoms with Gasteiger partial charge in [0.2, 0.25) is 5.88 Å². The second-order valence-corrected chi connectivity index (χ2v) is 4.49. The van der Waals surface area contributed by atoms with Crippen LogP contribution in [0, 0.1) is 0 Å². The molecule has 0 aliphatic heterocycles. The molecule has 0 radical (unpaired) electrons. The van der Waals surface area contributed by atoms with E-state index in [1.807, 2.05) is 50.2 Å². The zero-order valence-corrected chi connectivity index (χ0v) is 11.3. The molecule has 0 aliphatic rings. The third-order valence-corrected chi connectivity index (χ3v) is 3.03. The number of rotatable bonds is 5. The minimum atomic E-state index is -0.0626. The first-order valence-corrected chi connectivity index (χ1v) is 6.55. The van der Waals surface area contributed by atoms with E-state index >= 15 is 0 Å². The molecule has 1 atom stereocenters. The van der Waals surface area contributed by atoms with Crippen molar-refractivity contribution in [2.24, 2.45) is 0 Å². The summed E-state index contributed by atoms with van der Waals surface area (Å²) in [4.78, 5) is 4.43. The van der Waals surface area contributed by atoms with Gasteiger partial charge in [-0.15, -0.1) is 0 Å². The number of aryl methyl sites for hydroxylation is 1. The van der Waals surface area contributed by atoms with Gasteiger partial charge in [-0.1, -0.05) is 37.3 Å². The van der Waals surface area contributed by atoms with Crippen molar-refractivity contribution in [3.05, 3.63) is 59.3 Å². The highest BCUT2D eigenvalue weighted by Gasteiger charge is 2.09. The van der Waals surface area contributed by atoms with Crippen molar-refractivity contribution in [2.45, 2.75) is 33.0 Å². The monoisotopic (exact) mass is 257 g/mol. The topological polar surface area (TPSA) is 42.4 Å².